The third-order valence-electron chi connectivity index (χ3n) is 3.94. The summed E-state index contributed by atoms with van der Waals surface area (Å²) in [7, 11) is 0. The molecule has 1 aliphatic heterocycles. The lowest BCUT2D eigenvalue weighted by Crippen LogP contribution is -2.16. The number of fused-ring (bicyclic) bond motifs is 2. The Labute approximate surface area is 143 Å². The van der Waals surface area contributed by atoms with Gasteiger partial charge in [0.25, 0.3) is 5.91 Å². The summed E-state index contributed by atoms with van der Waals surface area (Å²) in [6, 6.07) is 9.01. The molecule has 3 N–H and O–H groups in total. The molecule has 122 valence electrons. The lowest BCUT2D eigenvalue weighted by Gasteiger charge is -2.11. The Hall–Kier alpha value is -2.57. The molecule has 0 spiro atoms. The highest BCUT2D eigenvalue weighted by atomic mass is 35.5. The number of carbonyl (C=O) groups is 1. The number of aromatic amines is 1. The fourth-order valence-corrected chi connectivity index (χ4v) is 3.01. The summed E-state index contributed by atoms with van der Waals surface area (Å²) in [5.41, 5.74) is 2.94. The third-order valence-corrected chi connectivity index (χ3v) is 4.16. The normalized spacial score (nSPS) is 13.9. The maximum absolute atomic E-state index is 12.7. The number of aromatic nitrogens is 2. The van der Waals surface area contributed by atoms with Crippen molar-refractivity contribution in [3.8, 4) is 5.75 Å². The molecule has 3 aromatic rings. The molecule has 2 aromatic carbocycles. The van der Waals surface area contributed by atoms with E-state index in [9.17, 15) is 4.79 Å². The molecule has 0 aliphatic carbocycles. The van der Waals surface area contributed by atoms with Crippen molar-refractivity contribution in [1.29, 1.82) is 0 Å². The minimum absolute atomic E-state index is 0.230. The first-order valence-corrected chi connectivity index (χ1v) is 7.99. The molecule has 24 heavy (non-hydrogen) atoms. The number of benzene rings is 2. The van der Waals surface area contributed by atoms with Gasteiger partial charge in [-0.05, 0) is 30.3 Å². The minimum atomic E-state index is -0.230. The van der Waals surface area contributed by atoms with Crippen molar-refractivity contribution in [2.45, 2.75) is 6.54 Å². The Morgan fingerprint density at radius 2 is 2.21 bits per heavy atom. The largest absolute Gasteiger partial charge is 0.492 e. The number of anilines is 1. The predicted octanol–water partition coefficient (Wildman–Crippen LogP) is 2.95. The molecule has 6 nitrogen and oxygen atoms in total. The number of nitrogens with zero attached hydrogens (tertiary/aromatic N) is 1. The summed E-state index contributed by atoms with van der Waals surface area (Å²) >= 11 is 6.09. The first kappa shape index (κ1) is 15.0. The number of ether oxygens (including phenoxy) is 1. The molecule has 1 amide bonds. The maximum Gasteiger partial charge on any atom is 0.256 e. The summed E-state index contributed by atoms with van der Waals surface area (Å²) in [5.74, 6) is 0.615. The molecule has 0 bridgehead atoms. The summed E-state index contributed by atoms with van der Waals surface area (Å²) in [4.78, 5) is 12.7. The standard InChI is InChI=1S/C17H15ClN4O2/c18-11-6-13(14-9-20-22-15(14)7-11)17(23)21-12-1-2-16-10(5-12)8-19-3-4-24-16/h1-2,5-7,9,19H,3-4,8H2,(H,20,22)(H,21,23). The number of hydrogen-bond acceptors (Lipinski definition) is 4. The lowest BCUT2D eigenvalue weighted by molar-refractivity contribution is 0.102. The topological polar surface area (TPSA) is 79.0 Å². The van der Waals surface area contributed by atoms with Crippen LogP contribution in [0.2, 0.25) is 5.02 Å². The van der Waals surface area contributed by atoms with E-state index in [0.717, 1.165) is 28.8 Å². The number of amides is 1. The Bertz CT molecular complexity index is 922. The van der Waals surface area contributed by atoms with Crippen LogP contribution in [0.5, 0.6) is 5.75 Å². The van der Waals surface area contributed by atoms with Crippen molar-refractivity contribution in [1.82, 2.24) is 15.5 Å². The molecule has 0 saturated heterocycles. The van der Waals surface area contributed by atoms with Gasteiger partial charge in [-0.25, -0.2) is 0 Å². The Kier molecular flexibility index (Phi) is 3.84. The van der Waals surface area contributed by atoms with Crippen molar-refractivity contribution in [3.63, 3.8) is 0 Å². The molecule has 1 aromatic heterocycles. The average molecular weight is 343 g/mol. The van der Waals surface area contributed by atoms with Crippen molar-refractivity contribution < 1.29 is 9.53 Å². The van der Waals surface area contributed by atoms with Gasteiger partial charge in [0.15, 0.2) is 0 Å². The average Bonchev–Trinajstić information content (AvgIpc) is 2.91. The van der Waals surface area contributed by atoms with Crippen LogP contribution in [0.1, 0.15) is 15.9 Å². The van der Waals surface area contributed by atoms with E-state index in [1.807, 2.05) is 18.2 Å². The zero-order chi connectivity index (χ0) is 16.5. The monoisotopic (exact) mass is 342 g/mol. The van der Waals surface area contributed by atoms with E-state index in [4.69, 9.17) is 16.3 Å². The van der Waals surface area contributed by atoms with Gasteiger partial charge in [0.1, 0.15) is 12.4 Å². The molecule has 0 saturated carbocycles. The van der Waals surface area contributed by atoms with Gasteiger partial charge in [0, 0.05) is 34.7 Å². The van der Waals surface area contributed by atoms with E-state index in [1.54, 1.807) is 18.3 Å². The van der Waals surface area contributed by atoms with E-state index < -0.39 is 0 Å². The number of halogens is 1. The summed E-state index contributed by atoms with van der Waals surface area (Å²) in [5, 5.41) is 14.2. The zero-order valence-corrected chi connectivity index (χ0v) is 13.5. The Morgan fingerprint density at radius 1 is 1.29 bits per heavy atom. The van der Waals surface area contributed by atoms with Crippen LogP contribution >= 0.6 is 11.6 Å². The number of carbonyl (C=O) groups excluding carboxylic acids is 1. The first-order chi connectivity index (χ1) is 11.7. The minimum Gasteiger partial charge on any atom is -0.492 e. The molecular formula is C17H15ClN4O2. The number of rotatable bonds is 2. The van der Waals surface area contributed by atoms with Gasteiger partial charge in [-0.2, -0.15) is 5.10 Å². The van der Waals surface area contributed by atoms with E-state index in [2.05, 4.69) is 20.8 Å². The van der Waals surface area contributed by atoms with Crippen LogP contribution < -0.4 is 15.4 Å². The highest BCUT2D eigenvalue weighted by Crippen LogP contribution is 2.26. The van der Waals surface area contributed by atoms with E-state index >= 15 is 0 Å². The Balaban J connectivity index is 1.64. The summed E-state index contributed by atoms with van der Waals surface area (Å²) in [6.45, 7) is 2.15. The van der Waals surface area contributed by atoms with Crippen molar-refractivity contribution in [3.05, 3.63) is 52.7 Å². The van der Waals surface area contributed by atoms with Gasteiger partial charge in [-0.1, -0.05) is 11.6 Å². The van der Waals surface area contributed by atoms with E-state index in [0.29, 0.717) is 29.4 Å². The zero-order valence-electron chi connectivity index (χ0n) is 12.7. The van der Waals surface area contributed by atoms with Gasteiger partial charge < -0.3 is 15.4 Å². The molecule has 2 heterocycles. The van der Waals surface area contributed by atoms with Crippen LogP contribution in [0.15, 0.2) is 36.5 Å². The first-order valence-electron chi connectivity index (χ1n) is 7.61. The van der Waals surface area contributed by atoms with Gasteiger partial charge >= 0.3 is 0 Å². The number of H-pyrrole nitrogens is 1. The van der Waals surface area contributed by atoms with Crippen LogP contribution in [0.25, 0.3) is 10.9 Å². The van der Waals surface area contributed by atoms with Crippen molar-refractivity contribution in [2.75, 3.05) is 18.5 Å². The maximum atomic E-state index is 12.7. The van der Waals surface area contributed by atoms with Crippen LogP contribution in [0, 0.1) is 0 Å². The molecule has 0 atom stereocenters. The van der Waals surface area contributed by atoms with E-state index in [1.165, 1.54) is 0 Å². The molecule has 4 rings (SSSR count). The highest BCUT2D eigenvalue weighted by Gasteiger charge is 2.15. The molecule has 0 unspecified atom stereocenters. The molecule has 0 fully saturated rings. The molecular weight excluding hydrogens is 328 g/mol. The second-order valence-electron chi connectivity index (χ2n) is 5.59. The fourth-order valence-electron chi connectivity index (χ4n) is 2.79. The van der Waals surface area contributed by atoms with Crippen LogP contribution in [0.3, 0.4) is 0 Å². The summed E-state index contributed by atoms with van der Waals surface area (Å²) < 4.78 is 5.65. The third kappa shape index (κ3) is 2.81. The van der Waals surface area contributed by atoms with Gasteiger partial charge in [-0.3, -0.25) is 9.89 Å². The second-order valence-corrected chi connectivity index (χ2v) is 6.02. The van der Waals surface area contributed by atoms with Gasteiger partial charge in [0.05, 0.1) is 17.3 Å². The molecule has 7 heteroatoms. The van der Waals surface area contributed by atoms with Gasteiger partial charge in [0.2, 0.25) is 0 Å². The smallest absolute Gasteiger partial charge is 0.256 e. The Morgan fingerprint density at radius 3 is 3.12 bits per heavy atom. The second kappa shape index (κ2) is 6.14. The number of nitrogens with one attached hydrogen (secondary N) is 3. The lowest BCUT2D eigenvalue weighted by atomic mass is 10.1. The van der Waals surface area contributed by atoms with Gasteiger partial charge in [-0.15, -0.1) is 0 Å². The number of hydrogen-bond donors (Lipinski definition) is 3. The van der Waals surface area contributed by atoms with Crippen LogP contribution in [-0.4, -0.2) is 29.3 Å². The molecule has 0 radical (unpaired) electrons. The fraction of sp³-hybridized carbons (Fsp3) is 0.176. The van der Waals surface area contributed by atoms with Crippen molar-refractivity contribution >= 4 is 34.1 Å². The van der Waals surface area contributed by atoms with Crippen molar-refractivity contribution in [2.24, 2.45) is 0 Å². The quantitative estimate of drug-likeness (QED) is 0.669. The van der Waals surface area contributed by atoms with Crippen LogP contribution in [0.4, 0.5) is 5.69 Å². The summed E-state index contributed by atoms with van der Waals surface area (Å²) in [6.07, 6.45) is 1.62. The van der Waals surface area contributed by atoms with E-state index in [-0.39, 0.29) is 5.91 Å². The van der Waals surface area contributed by atoms with Crippen LogP contribution in [-0.2, 0) is 6.54 Å². The predicted molar refractivity (Wildman–Crippen MR) is 92.7 cm³/mol. The highest BCUT2D eigenvalue weighted by molar-refractivity contribution is 6.32. The SMILES string of the molecule is O=C(Nc1ccc2c(c1)CNCCO2)c1cc(Cl)cc2[nH]ncc12. The molecule has 1 aliphatic rings.